The number of rotatable bonds is 12. The van der Waals surface area contributed by atoms with Gasteiger partial charge in [-0.1, -0.05) is 59.3 Å². The van der Waals surface area contributed by atoms with Crippen LogP contribution in [0, 0.1) is 0 Å². The molecule has 1 atom stereocenters. The Balaban J connectivity index is 4.23. The van der Waals surface area contributed by atoms with Gasteiger partial charge in [-0.05, 0) is 33.4 Å². The van der Waals surface area contributed by atoms with E-state index >= 15 is 0 Å². The highest BCUT2D eigenvalue weighted by atomic mass is 15.3. The maximum atomic E-state index is 5.83. The van der Waals surface area contributed by atoms with E-state index in [1.54, 1.807) is 0 Å². The molecule has 0 aromatic rings. The largest absolute Gasteiger partial charge is 0.302 e. The fourth-order valence-corrected chi connectivity index (χ4v) is 3.32. The Kier molecular flexibility index (Phi) is 10.6. The van der Waals surface area contributed by atoms with Crippen LogP contribution in [-0.4, -0.2) is 30.6 Å². The Morgan fingerprint density at radius 2 is 1.47 bits per heavy atom. The summed E-state index contributed by atoms with van der Waals surface area (Å²) in [5, 5.41) is 0. The van der Waals surface area contributed by atoms with Crippen molar-refractivity contribution in [3.05, 3.63) is 0 Å². The van der Waals surface area contributed by atoms with Crippen LogP contribution in [0.15, 0.2) is 0 Å². The van der Waals surface area contributed by atoms with Crippen LogP contribution < -0.4 is 11.3 Å². The monoisotopic (exact) mass is 271 g/mol. The molecule has 0 aliphatic heterocycles. The number of hydrogen-bond acceptors (Lipinski definition) is 3. The number of nitrogens with one attached hydrogen (secondary N) is 1. The van der Waals surface area contributed by atoms with Crippen LogP contribution in [-0.2, 0) is 0 Å². The molecule has 3 N–H and O–H groups in total. The summed E-state index contributed by atoms with van der Waals surface area (Å²) < 4.78 is 0. The minimum Gasteiger partial charge on any atom is -0.302 e. The summed E-state index contributed by atoms with van der Waals surface area (Å²) in [6, 6.07) is 0.392. The molecule has 0 saturated carbocycles. The molecule has 3 heteroatoms. The second-order valence-electron chi connectivity index (χ2n) is 5.98. The van der Waals surface area contributed by atoms with Crippen molar-refractivity contribution < 1.29 is 0 Å². The molecule has 0 aromatic carbocycles. The Hall–Kier alpha value is -0.120. The highest BCUT2D eigenvalue weighted by Crippen LogP contribution is 2.28. The summed E-state index contributed by atoms with van der Waals surface area (Å²) in [5.74, 6) is 5.83. The first-order chi connectivity index (χ1) is 9.08. The first-order valence-corrected chi connectivity index (χ1v) is 8.22. The first kappa shape index (κ1) is 18.9. The molecule has 0 spiro atoms. The molecule has 0 bridgehead atoms. The summed E-state index contributed by atoms with van der Waals surface area (Å²) in [4.78, 5) is 2.36. The zero-order valence-corrected chi connectivity index (χ0v) is 14.0. The normalized spacial score (nSPS) is 14.1. The molecule has 0 amide bonds. The summed E-state index contributed by atoms with van der Waals surface area (Å²) in [6.07, 6.45) is 11.6. The van der Waals surface area contributed by atoms with Gasteiger partial charge in [0.25, 0.3) is 0 Å². The van der Waals surface area contributed by atoms with Crippen molar-refractivity contribution in [2.24, 2.45) is 5.84 Å². The quantitative estimate of drug-likeness (QED) is 0.323. The van der Waals surface area contributed by atoms with Gasteiger partial charge in [0.1, 0.15) is 0 Å². The van der Waals surface area contributed by atoms with Gasteiger partial charge in [0.05, 0.1) is 0 Å². The topological polar surface area (TPSA) is 41.3 Å². The van der Waals surface area contributed by atoms with Crippen molar-refractivity contribution in [2.75, 3.05) is 14.1 Å². The van der Waals surface area contributed by atoms with E-state index in [1.807, 2.05) is 0 Å². The summed E-state index contributed by atoms with van der Waals surface area (Å²) in [5.41, 5.74) is 3.28. The van der Waals surface area contributed by atoms with Crippen molar-refractivity contribution in [3.63, 3.8) is 0 Å². The van der Waals surface area contributed by atoms with Gasteiger partial charge in [0.15, 0.2) is 0 Å². The molecule has 0 aromatic heterocycles. The van der Waals surface area contributed by atoms with Crippen molar-refractivity contribution >= 4 is 0 Å². The maximum Gasteiger partial charge on any atom is 0.0394 e. The molecular formula is C16H37N3. The molecule has 0 fully saturated rings. The highest BCUT2D eigenvalue weighted by molar-refractivity contribution is 4.96. The SMILES string of the molecule is CCCCCCCCC(NN)C(CC)(CC)N(C)C. The van der Waals surface area contributed by atoms with Crippen LogP contribution in [0.4, 0.5) is 0 Å². The molecule has 3 nitrogen and oxygen atoms in total. The van der Waals surface area contributed by atoms with Crippen LogP contribution in [0.5, 0.6) is 0 Å². The van der Waals surface area contributed by atoms with Gasteiger partial charge >= 0.3 is 0 Å². The molecule has 1 unspecified atom stereocenters. The lowest BCUT2D eigenvalue weighted by atomic mass is 9.81. The fraction of sp³-hybridized carbons (Fsp3) is 1.00. The van der Waals surface area contributed by atoms with E-state index in [0.717, 1.165) is 12.8 Å². The molecule has 0 rings (SSSR count). The Bertz CT molecular complexity index is 200. The van der Waals surface area contributed by atoms with Gasteiger partial charge in [0, 0.05) is 11.6 Å². The predicted octanol–water partition coefficient (Wildman–Crippen LogP) is 3.69. The second kappa shape index (κ2) is 10.6. The number of unbranched alkanes of at least 4 members (excludes halogenated alkanes) is 5. The minimum atomic E-state index is 0.193. The predicted molar refractivity (Wildman–Crippen MR) is 86.1 cm³/mol. The van der Waals surface area contributed by atoms with E-state index in [9.17, 15) is 0 Å². The highest BCUT2D eigenvalue weighted by Gasteiger charge is 2.36. The lowest BCUT2D eigenvalue weighted by Crippen LogP contribution is -2.60. The van der Waals surface area contributed by atoms with Gasteiger partial charge in [-0.3, -0.25) is 11.3 Å². The third-order valence-electron chi connectivity index (χ3n) is 4.81. The standard InChI is InChI=1S/C16H37N3/c1-6-9-10-11-12-13-14-15(18-17)16(7-2,8-3)19(4)5/h15,18H,6-14,17H2,1-5H3. The van der Waals surface area contributed by atoms with Crippen LogP contribution in [0.3, 0.4) is 0 Å². The van der Waals surface area contributed by atoms with Crippen molar-refractivity contribution in [3.8, 4) is 0 Å². The third kappa shape index (κ3) is 5.80. The third-order valence-corrected chi connectivity index (χ3v) is 4.81. The van der Waals surface area contributed by atoms with E-state index in [-0.39, 0.29) is 5.54 Å². The smallest absolute Gasteiger partial charge is 0.0394 e. The number of likely N-dealkylation sites (N-methyl/N-ethyl adjacent to an activating group) is 1. The van der Waals surface area contributed by atoms with Crippen molar-refractivity contribution in [1.82, 2.24) is 10.3 Å². The van der Waals surface area contributed by atoms with E-state index in [0.29, 0.717) is 6.04 Å². The Morgan fingerprint density at radius 1 is 0.947 bits per heavy atom. The lowest BCUT2D eigenvalue weighted by molar-refractivity contribution is 0.0828. The van der Waals surface area contributed by atoms with Gasteiger partial charge in [-0.2, -0.15) is 0 Å². The molecule has 0 aliphatic carbocycles. The van der Waals surface area contributed by atoms with E-state index in [1.165, 1.54) is 44.9 Å². The average Bonchev–Trinajstić information content (AvgIpc) is 2.41. The van der Waals surface area contributed by atoms with Crippen LogP contribution in [0.1, 0.15) is 78.6 Å². The zero-order chi connectivity index (χ0) is 14.7. The molecule has 0 heterocycles. The van der Waals surface area contributed by atoms with Crippen LogP contribution in [0.2, 0.25) is 0 Å². The maximum absolute atomic E-state index is 5.83. The summed E-state index contributed by atoms with van der Waals surface area (Å²) in [7, 11) is 4.36. The molecule has 116 valence electrons. The second-order valence-corrected chi connectivity index (χ2v) is 5.98. The van der Waals surface area contributed by atoms with Crippen LogP contribution >= 0.6 is 0 Å². The minimum absolute atomic E-state index is 0.193. The Morgan fingerprint density at radius 3 is 1.89 bits per heavy atom. The van der Waals surface area contributed by atoms with Gasteiger partial charge in [0.2, 0.25) is 0 Å². The number of hydrazine groups is 1. The Labute approximate surface area is 121 Å². The van der Waals surface area contributed by atoms with Gasteiger partial charge < -0.3 is 4.90 Å². The van der Waals surface area contributed by atoms with Gasteiger partial charge in [-0.25, -0.2) is 0 Å². The van der Waals surface area contributed by atoms with E-state index in [4.69, 9.17) is 5.84 Å². The molecule has 0 aliphatic rings. The van der Waals surface area contributed by atoms with Crippen LogP contribution in [0.25, 0.3) is 0 Å². The number of nitrogens with two attached hydrogens (primary N) is 1. The zero-order valence-electron chi connectivity index (χ0n) is 14.0. The summed E-state index contributed by atoms with van der Waals surface area (Å²) in [6.45, 7) is 6.81. The lowest BCUT2D eigenvalue weighted by Gasteiger charge is -2.45. The van der Waals surface area contributed by atoms with Crippen molar-refractivity contribution in [2.45, 2.75) is 90.1 Å². The fourth-order valence-electron chi connectivity index (χ4n) is 3.32. The summed E-state index contributed by atoms with van der Waals surface area (Å²) >= 11 is 0. The van der Waals surface area contributed by atoms with Gasteiger partial charge in [-0.15, -0.1) is 0 Å². The molecule has 0 radical (unpaired) electrons. The first-order valence-electron chi connectivity index (χ1n) is 8.22. The molecule has 19 heavy (non-hydrogen) atoms. The molecular weight excluding hydrogens is 234 g/mol. The molecule has 0 saturated heterocycles. The average molecular weight is 271 g/mol. The van der Waals surface area contributed by atoms with Crippen molar-refractivity contribution in [1.29, 1.82) is 0 Å². The van der Waals surface area contributed by atoms with E-state index in [2.05, 4.69) is 45.2 Å². The number of nitrogens with zero attached hydrogens (tertiary/aromatic N) is 1. The number of hydrogen-bond donors (Lipinski definition) is 2. The van der Waals surface area contributed by atoms with E-state index < -0.39 is 0 Å².